The van der Waals surface area contributed by atoms with Crippen molar-refractivity contribution in [2.45, 2.75) is 38.8 Å². The van der Waals surface area contributed by atoms with Crippen molar-refractivity contribution < 1.29 is 13.9 Å². The van der Waals surface area contributed by atoms with Crippen molar-refractivity contribution in [3.8, 4) is 5.75 Å². The number of rotatable bonds is 3. The number of ether oxygens (including phenoxy) is 1. The van der Waals surface area contributed by atoms with Gasteiger partial charge in [0.25, 0.3) is 5.91 Å². The number of anilines is 2. The van der Waals surface area contributed by atoms with E-state index in [4.69, 9.17) is 10.5 Å². The van der Waals surface area contributed by atoms with E-state index in [9.17, 15) is 4.79 Å². The summed E-state index contributed by atoms with van der Waals surface area (Å²) in [4.78, 5) is 21.1. The Balaban J connectivity index is 1.21. The van der Waals surface area contributed by atoms with Crippen LogP contribution in [0.3, 0.4) is 0 Å². The van der Waals surface area contributed by atoms with E-state index in [1.807, 2.05) is 26.0 Å². The number of nitrogens with two attached hydrogens (primary N) is 1. The summed E-state index contributed by atoms with van der Waals surface area (Å²) in [6.45, 7) is 7.09. The molecular weight excluding hydrogens is 453 g/mol. The minimum absolute atomic E-state index is 0.275. The Hall–Kier alpha value is -2.91. The lowest BCUT2D eigenvalue weighted by molar-refractivity contribution is 0.0919. The zero-order chi connectivity index (χ0) is 23.6. The summed E-state index contributed by atoms with van der Waals surface area (Å²) in [5, 5.41) is 7.26. The fourth-order valence-corrected chi connectivity index (χ4v) is 6.86. The molecule has 2 aromatic heterocycles. The first-order valence-electron chi connectivity index (χ1n) is 11.8. The number of aryl methyl sites for hydroxylation is 2. The monoisotopic (exact) mass is 481 g/mol. The van der Waals surface area contributed by atoms with Crippen molar-refractivity contribution in [2.75, 3.05) is 36.9 Å². The summed E-state index contributed by atoms with van der Waals surface area (Å²) in [6, 6.07) is 5.62. The molecule has 2 fully saturated rings. The van der Waals surface area contributed by atoms with Crippen LogP contribution in [0.4, 0.5) is 15.8 Å². The molecule has 0 unspecified atom stereocenters. The minimum Gasteiger partial charge on any atom is -0.491 e. The Morgan fingerprint density at radius 2 is 2.18 bits per heavy atom. The molecule has 2 saturated heterocycles. The Morgan fingerprint density at radius 1 is 1.32 bits per heavy atom. The number of nitrogens with one attached hydrogen (secondary N) is 2. The number of pyridine rings is 1. The molecule has 3 aliphatic heterocycles. The fraction of sp³-hybridized carbons (Fsp3) is 0.440. The van der Waals surface area contributed by atoms with Crippen LogP contribution in [0.25, 0.3) is 10.2 Å². The van der Waals surface area contributed by atoms with Crippen LogP contribution in [0, 0.1) is 25.6 Å². The number of carbonyl (C=O) groups is 1. The van der Waals surface area contributed by atoms with E-state index >= 15 is 4.39 Å². The van der Waals surface area contributed by atoms with Gasteiger partial charge >= 0.3 is 0 Å². The van der Waals surface area contributed by atoms with Gasteiger partial charge in [-0.1, -0.05) is 0 Å². The van der Waals surface area contributed by atoms with Crippen molar-refractivity contribution >= 4 is 38.8 Å². The fourth-order valence-electron chi connectivity index (χ4n) is 5.74. The highest BCUT2D eigenvalue weighted by Crippen LogP contribution is 2.38. The Kier molecular flexibility index (Phi) is 5.14. The molecule has 1 aromatic carbocycles. The average molecular weight is 482 g/mol. The highest BCUT2D eigenvalue weighted by atomic mass is 32.1. The van der Waals surface area contributed by atoms with Gasteiger partial charge in [-0.2, -0.15) is 0 Å². The third-order valence-corrected chi connectivity index (χ3v) is 8.47. The van der Waals surface area contributed by atoms with Gasteiger partial charge in [-0.05, 0) is 43.9 Å². The number of nitrogen functional groups attached to an aromatic ring is 1. The number of amides is 1. The van der Waals surface area contributed by atoms with Crippen LogP contribution >= 0.6 is 11.3 Å². The first-order chi connectivity index (χ1) is 16.4. The minimum atomic E-state index is -0.337. The molecular formula is C25H28FN5O2S. The van der Waals surface area contributed by atoms with Crippen LogP contribution in [0.1, 0.15) is 32.9 Å². The molecule has 4 N–H and O–H groups in total. The second-order valence-electron chi connectivity index (χ2n) is 9.66. The Bertz CT molecular complexity index is 1310. The van der Waals surface area contributed by atoms with E-state index in [1.54, 1.807) is 6.07 Å². The van der Waals surface area contributed by atoms with Gasteiger partial charge in [0.1, 0.15) is 27.9 Å². The third-order valence-electron chi connectivity index (χ3n) is 7.37. The highest BCUT2D eigenvalue weighted by Gasteiger charge is 2.38. The lowest BCUT2D eigenvalue weighted by Crippen LogP contribution is -2.43. The Morgan fingerprint density at radius 3 is 3.03 bits per heavy atom. The lowest BCUT2D eigenvalue weighted by atomic mass is 10.0. The predicted molar refractivity (Wildman–Crippen MR) is 132 cm³/mol. The molecule has 34 heavy (non-hydrogen) atoms. The zero-order valence-electron chi connectivity index (χ0n) is 19.3. The van der Waals surface area contributed by atoms with E-state index in [1.165, 1.54) is 11.3 Å². The number of hydrogen-bond donors (Lipinski definition) is 3. The van der Waals surface area contributed by atoms with Crippen LogP contribution in [0.5, 0.6) is 5.75 Å². The summed E-state index contributed by atoms with van der Waals surface area (Å²) < 4.78 is 21.1. The largest absolute Gasteiger partial charge is 0.491 e. The molecule has 0 spiro atoms. The maximum Gasteiger partial charge on any atom is 0.263 e. The molecule has 0 bridgehead atoms. The second kappa shape index (κ2) is 8.09. The summed E-state index contributed by atoms with van der Waals surface area (Å²) in [7, 11) is 0. The predicted octanol–water partition coefficient (Wildman–Crippen LogP) is 3.17. The summed E-state index contributed by atoms with van der Waals surface area (Å²) >= 11 is 1.29. The molecule has 0 radical (unpaired) electrons. The van der Waals surface area contributed by atoms with Gasteiger partial charge < -0.3 is 26.0 Å². The van der Waals surface area contributed by atoms with Crippen LogP contribution in [0.2, 0.25) is 0 Å². The van der Waals surface area contributed by atoms with E-state index in [0.29, 0.717) is 40.3 Å². The molecule has 3 aliphatic rings. The first-order valence-corrected chi connectivity index (χ1v) is 12.6. The van der Waals surface area contributed by atoms with Crippen molar-refractivity contribution in [3.05, 3.63) is 45.7 Å². The van der Waals surface area contributed by atoms with E-state index in [2.05, 4.69) is 20.5 Å². The van der Waals surface area contributed by atoms with Gasteiger partial charge in [0.05, 0.1) is 11.7 Å². The van der Waals surface area contributed by atoms with Gasteiger partial charge in [-0.25, -0.2) is 9.37 Å². The van der Waals surface area contributed by atoms with Crippen LogP contribution in [-0.2, 0) is 6.42 Å². The smallest absolute Gasteiger partial charge is 0.263 e. The third kappa shape index (κ3) is 3.49. The summed E-state index contributed by atoms with van der Waals surface area (Å²) in [5.74, 6) is 0.649. The number of thiophene rings is 1. The number of aromatic nitrogens is 1. The zero-order valence-corrected chi connectivity index (χ0v) is 20.1. The summed E-state index contributed by atoms with van der Waals surface area (Å²) in [5.41, 5.74) is 10.0. The molecule has 5 heterocycles. The first kappa shape index (κ1) is 21.6. The Labute approximate surface area is 201 Å². The van der Waals surface area contributed by atoms with Gasteiger partial charge in [0.2, 0.25) is 0 Å². The van der Waals surface area contributed by atoms with E-state index in [0.717, 1.165) is 53.2 Å². The molecule has 0 saturated carbocycles. The molecule has 9 heteroatoms. The second-order valence-corrected chi connectivity index (χ2v) is 10.7. The highest BCUT2D eigenvalue weighted by molar-refractivity contribution is 7.21. The number of carbonyl (C=O) groups excluding carboxylic acids is 1. The molecule has 0 aliphatic carbocycles. The maximum absolute atomic E-state index is 15.2. The van der Waals surface area contributed by atoms with Crippen molar-refractivity contribution in [3.63, 3.8) is 0 Å². The standard InChI is InChI=1S/C25H28FN5O2S/c1-12-5-13(2)29-25-21(12)22(27)23(34-25)24(32)30-15-6-17-18(26)7-16(8-20(17)33-11-15)31-4-3-14-9-28-10-19(14)31/h5,7-8,14-15,19,28H,3-4,6,9-11,27H2,1-2H3,(H,30,32)/t14-,15+,19+/m0/s1. The number of hydrogen-bond acceptors (Lipinski definition) is 7. The number of fused-ring (bicyclic) bond motifs is 3. The van der Waals surface area contributed by atoms with E-state index < -0.39 is 0 Å². The molecule has 7 nitrogen and oxygen atoms in total. The SMILES string of the molecule is Cc1cc(C)c2c(N)c(C(=O)N[C@H]3COc4cc(N5CC[C@H]6CNC[C@H]65)cc(F)c4C3)sc2n1. The van der Waals surface area contributed by atoms with Gasteiger partial charge in [0, 0.05) is 60.5 Å². The van der Waals surface area contributed by atoms with Gasteiger partial charge in [0.15, 0.2) is 0 Å². The molecule has 6 rings (SSSR count). The van der Waals surface area contributed by atoms with Crippen LogP contribution in [0.15, 0.2) is 18.2 Å². The van der Waals surface area contributed by atoms with Gasteiger partial charge in [-0.15, -0.1) is 11.3 Å². The normalized spacial score (nSPS) is 23.6. The maximum atomic E-state index is 15.2. The molecule has 178 valence electrons. The number of nitrogens with zero attached hydrogens (tertiary/aromatic N) is 2. The van der Waals surface area contributed by atoms with Crippen molar-refractivity contribution in [1.82, 2.24) is 15.6 Å². The number of halogens is 1. The van der Waals surface area contributed by atoms with Crippen LogP contribution < -0.4 is 26.0 Å². The molecule has 1 amide bonds. The number of benzene rings is 1. The lowest BCUT2D eigenvalue weighted by Gasteiger charge is -2.30. The quantitative estimate of drug-likeness (QED) is 0.532. The van der Waals surface area contributed by atoms with E-state index in [-0.39, 0.29) is 24.4 Å². The van der Waals surface area contributed by atoms with Crippen molar-refractivity contribution in [1.29, 1.82) is 0 Å². The van der Waals surface area contributed by atoms with Crippen molar-refractivity contribution in [2.24, 2.45) is 5.92 Å². The average Bonchev–Trinajstić information content (AvgIpc) is 3.48. The van der Waals surface area contributed by atoms with Crippen LogP contribution in [-0.4, -0.2) is 49.2 Å². The molecule has 3 aromatic rings. The van der Waals surface area contributed by atoms with Gasteiger partial charge in [-0.3, -0.25) is 4.79 Å². The topological polar surface area (TPSA) is 92.5 Å². The molecule has 3 atom stereocenters. The summed E-state index contributed by atoms with van der Waals surface area (Å²) in [6.07, 6.45) is 1.50.